The quantitative estimate of drug-likeness (QED) is 0.654. The highest BCUT2D eigenvalue weighted by Gasteiger charge is 2.25. The van der Waals surface area contributed by atoms with E-state index in [9.17, 15) is 0 Å². The molecule has 1 saturated heterocycles. The van der Waals surface area contributed by atoms with Crippen molar-refractivity contribution in [3.8, 4) is 0 Å². The molecule has 0 aromatic heterocycles. The number of aliphatic hydroxyl groups is 1. The zero-order valence-electron chi connectivity index (χ0n) is 7.70. The smallest absolute Gasteiger partial charge is 0.0585 e. The van der Waals surface area contributed by atoms with Crippen molar-refractivity contribution < 1.29 is 9.84 Å². The Morgan fingerprint density at radius 3 is 3.00 bits per heavy atom. The maximum absolute atomic E-state index is 8.88. The van der Waals surface area contributed by atoms with Crippen molar-refractivity contribution in [1.29, 1.82) is 0 Å². The second-order valence-corrected chi connectivity index (χ2v) is 3.53. The SMILES string of the molecule is CCC1CC(C(N)CO)CCO1. The summed E-state index contributed by atoms with van der Waals surface area (Å²) in [5, 5.41) is 8.88. The van der Waals surface area contributed by atoms with Crippen LogP contribution >= 0.6 is 0 Å². The Labute approximate surface area is 73.9 Å². The number of hydrogen-bond acceptors (Lipinski definition) is 3. The van der Waals surface area contributed by atoms with Crippen molar-refractivity contribution in [2.45, 2.75) is 38.3 Å². The maximum Gasteiger partial charge on any atom is 0.0585 e. The van der Waals surface area contributed by atoms with E-state index in [1.165, 1.54) is 0 Å². The fraction of sp³-hybridized carbons (Fsp3) is 1.00. The van der Waals surface area contributed by atoms with Gasteiger partial charge in [-0.1, -0.05) is 6.92 Å². The molecular weight excluding hydrogens is 154 g/mol. The molecule has 3 unspecified atom stereocenters. The molecule has 0 spiro atoms. The Morgan fingerprint density at radius 2 is 2.42 bits per heavy atom. The molecule has 0 amide bonds. The molecule has 3 N–H and O–H groups in total. The lowest BCUT2D eigenvalue weighted by molar-refractivity contribution is -0.0196. The van der Waals surface area contributed by atoms with Crippen LogP contribution in [0.1, 0.15) is 26.2 Å². The zero-order chi connectivity index (χ0) is 8.97. The molecule has 1 heterocycles. The monoisotopic (exact) mass is 173 g/mol. The van der Waals surface area contributed by atoms with Crippen molar-refractivity contribution in [3.63, 3.8) is 0 Å². The van der Waals surface area contributed by atoms with E-state index in [1.54, 1.807) is 0 Å². The van der Waals surface area contributed by atoms with Crippen LogP contribution in [0.3, 0.4) is 0 Å². The lowest BCUT2D eigenvalue weighted by Crippen LogP contribution is -2.39. The highest BCUT2D eigenvalue weighted by atomic mass is 16.5. The third kappa shape index (κ3) is 2.44. The molecule has 0 aliphatic carbocycles. The number of ether oxygens (including phenoxy) is 1. The van der Waals surface area contributed by atoms with E-state index in [4.69, 9.17) is 15.6 Å². The highest BCUT2D eigenvalue weighted by molar-refractivity contribution is 4.78. The summed E-state index contributed by atoms with van der Waals surface area (Å²) in [6.45, 7) is 3.02. The molecule has 0 aromatic rings. The van der Waals surface area contributed by atoms with E-state index in [0.29, 0.717) is 12.0 Å². The molecule has 1 fully saturated rings. The first-order chi connectivity index (χ1) is 5.77. The maximum atomic E-state index is 8.88. The summed E-state index contributed by atoms with van der Waals surface area (Å²) in [6, 6.07) is -0.0528. The summed E-state index contributed by atoms with van der Waals surface area (Å²) >= 11 is 0. The molecule has 0 aromatic carbocycles. The van der Waals surface area contributed by atoms with Crippen LogP contribution in [-0.2, 0) is 4.74 Å². The number of aliphatic hydroxyl groups excluding tert-OH is 1. The molecular formula is C9H19NO2. The minimum absolute atomic E-state index is 0.0528. The van der Waals surface area contributed by atoms with Gasteiger partial charge in [-0.25, -0.2) is 0 Å². The molecule has 12 heavy (non-hydrogen) atoms. The largest absolute Gasteiger partial charge is 0.395 e. The van der Waals surface area contributed by atoms with Gasteiger partial charge in [0, 0.05) is 12.6 Å². The van der Waals surface area contributed by atoms with Crippen LogP contribution in [0.4, 0.5) is 0 Å². The number of hydrogen-bond donors (Lipinski definition) is 2. The van der Waals surface area contributed by atoms with Gasteiger partial charge in [0.15, 0.2) is 0 Å². The molecule has 3 atom stereocenters. The second kappa shape index (κ2) is 4.80. The van der Waals surface area contributed by atoms with Gasteiger partial charge in [0.2, 0.25) is 0 Å². The van der Waals surface area contributed by atoms with Gasteiger partial charge in [-0.2, -0.15) is 0 Å². The molecule has 0 bridgehead atoms. The van der Waals surface area contributed by atoms with E-state index >= 15 is 0 Å². The first-order valence-corrected chi connectivity index (χ1v) is 4.76. The Morgan fingerprint density at radius 1 is 1.67 bits per heavy atom. The number of nitrogens with two attached hydrogens (primary N) is 1. The minimum Gasteiger partial charge on any atom is -0.395 e. The zero-order valence-corrected chi connectivity index (χ0v) is 7.70. The fourth-order valence-electron chi connectivity index (χ4n) is 1.73. The Hall–Kier alpha value is -0.120. The van der Waals surface area contributed by atoms with Crippen LogP contribution in [0, 0.1) is 5.92 Å². The third-order valence-electron chi connectivity index (χ3n) is 2.68. The van der Waals surface area contributed by atoms with Gasteiger partial charge in [-0.15, -0.1) is 0 Å². The predicted octanol–water partition coefficient (Wildman–Crippen LogP) is 0.511. The summed E-state index contributed by atoms with van der Waals surface area (Å²) in [7, 11) is 0. The van der Waals surface area contributed by atoms with E-state index in [2.05, 4.69) is 6.92 Å². The van der Waals surface area contributed by atoms with E-state index < -0.39 is 0 Å². The van der Waals surface area contributed by atoms with E-state index in [1.807, 2.05) is 0 Å². The number of rotatable bonds is 3. The Bertz CT molecular complexity index is 128. The van der Waals surface area contributed by atoms with Crippen LogP contribution in [0.5, 0.6) is 0 Å². The summed E-state index contributed by atoms with van der Waals surface area (Å²) in [6.07, 6.45) is 3.42. The van der Waals surface area contributed by atoms with Crippen LogP contribution in [0.15, 0.2) is 0 Å². The Kier molecular flexibility index (Phi) is 3.98. The highest BCUT2D eigenvalue weighted by Crippen LogP contribution is 2.23. The van der Waals surface area contributed by atoms with Gasteiger partial charge in [-0.3, -0.25) is 0 Å². The molecule has 0 radical (unpaired) electrons. The standard InChI is InChI=1S/C9H19NO2/c1-2-8-5-7(3-4-12-8)9(10)6-11/h7-9,11H,2-6,10H2,1H3. The van der Waals surface area contributed by atoms with Crippen molar-refractivity contribution >= 4 is 0 Å². The summed E-state index contributed by atoms with van der Waals surface area (Å²) in [5.41, 5.74) is 5.76. The first-order valence-electron chi connectivity index (χ1n) is 4.76. The van der Waals surface area contributed by atoms with Gasteiger partial charge < -0.3 is 15.6 Å². The molecule has 3 heteroatoms. The van der Waals surface area contributed by atoms with Crippen LogP contribution in [0.25, 0.3) is 0 Å². The summed E-state index contributed by atoms with van der Waals surface area (Å²) in [5.74, 6) is 0.452. The lowest BCUT2D eigenvalue weighted by Gasteiger charge is -2.31. The Balaban J connectivity index is 2.34. The van der Waals surface area contributed by atoms with E-state index in [0.717, 1.165) is 25.9 Å². The molecule has 0 saturated carbocycles. The van der Waals surface area contributed by atoms with Crippen LogP contribution < -0.4 is 5.73 Å². The van der Waals surface area contributed by atoms with Crippen LogP contribution in [-0.4, -0.2) is 30.5 Å². The van der Waals surface area contributed by atoms with Crippen LogP contribution in [0.2, 0.25) is 0 Å². The second-order valence-electron chi connectivity index (χ2n) is 3.53. The molecule has 72 valence electrons. The van der Waals surface area contributed by atoms with Gasteiger partial charge >= 0.3 is 0 Å². The molecule has 1 rings (SSSR count). The summed E-state index contributed by atoms with van der Waals surface area (Å²) in [4.78, 5) is 0. The molecule has 3 nitrogen and oxygen atoms in total. The predicted molar refractivity (Wildman–Crippen MR) is 47.8 cm³/mol. The average molecular weight is 173 g/mol. The first kappa shape index (κ1) is 9.96. The van der Waals surface area contributed by atoms with Crippen molar-refractivity contribution in [3.05, 3.63) is 0 Å². The molecule has 1 aliphatic heterocycles. The van der Waals surface area contributed by atoms with Crippen molar-refractivity contribution in [2.75, 3.05) is 13.2 Å². The van der Waals surface area contributed by atoms with Gasteiger partial charge in [0.05, 0.1) is 12.7 Å². The summed E-state index contributed by atoms with van der Waals surface area (Å²) < 4.78 is 5.51. The minimum atomic E-state index is -0.0528. The fourth-order valence-corrected chi connectivity index (χ4v) is 1.73. The molecule has 1 aliphatic rings. The van der Waals surface area contributed by atoms with Gasteiger partial charge in [-0.05, 0) is 25.2 Å². The van der Waals surface area contributed by atoms with Crippen molar-refractivity contribution in [2.24, 2.45) is 11.7 Å². The van der Waals surface area contributed by atoms with Crippen molar-refractivity contribution in [1.82, 2.24) is 0 Å². The van der Waals surface area contributed by atoms with Gasteiger partial charge in [0.25, 0.3) is 0 Å². The third-order valence-corrected chi connectivity index (χ3v) is 2.68. The van der Waals surface area contributed by atoms with E-state index in [-0.39, 0.29) is 12.6 Å². The van der Waals surface area contributed by atoms with Gasteiger partial charge in [0.1, 0.15) is 0 Å². The average Bonchev–Trinajstić information content (AvgIpc) is 2.17. The normalized spacial score (nSPS) is 33.2. The lowest BCUT2D eigenvalue weighted by atomic mass is 9.89. The topological polar surface area (TPSA) is 55.5 Å².